The van der Waals surface area contributed by atoms with E-state index >= 15 is 0 Å². The molecule has 6 heteroatoms. The van der Waals surface area contributed by atoms with Gasteiger partial charge in [-0.3, -0.25) is 0 Å². The molecule has 0 fully saturated rings. The minimum Gasteiger partial charge on any atom is -0.391 e. The maximum Gasteiger partial charge on any atom is 0.169 e. The molecule has 0 spiro atoms. The van der Waals surface area contributed by atoms with Crippen LogP contribution >= 0.6 is 0 Å². The molecule has 4 aromatic carbocycles. The fraction of sp³-hybridized carbons (Fsp3) is 0.135. The molecule has 0 radical (unpaired) electrons. The number of oxime groups is 2. The third-order valence-corrected chi connectivity index (χ3v) is 7.31. The second-order valence-corrected chi connectivity index (χ2v) is 10.5. The summed E-state index contributed by atoms with van der Waals surface area (Å²) in [5, 5.41) is 13.2. The van der Waals surface area contributed by atoms with E-state index in [1.54, 1.807) is 12.4 Å². The molecular formula is C37H34N4O2+2. The Kier molecular flexibility index (Phi) is 9.05. The lowest BCUT2D eigenvalue weighted by molar-refractivity contribution is -0.726. The Morgan fingerprint density at radius 1 is 0.488 bits per heavy atom. The molecule has 0 N–H and O–H groups in total. The van der Waals surface area contributed by atoms with Crippen LogP contribution in [0.25, 0.3) is 21.5 Å². The molecule has 2 aromatic heterocycles. The summed E-state index contributed by atoms with van der Waals surface area (Å²) in [6, 6.07) is 37.5. The van der Waals surface area contributed by atoms with Crippen LogP contribution in [-0.4, -0.2) is 12.4 Å². The van der Waals surface area contributed by atoms with E-state index in [0.29, 0.717) is 13.2 Å². The standard InChI is InChI=1S/C37H34N4O2/c1-3-8-36-24-32(10-12-34(36)6-1)28-42-38-26-30-14-20-40(21-15-30)18-5-19-41-22-16-31(17-23-41)27-39-43-29-33-11-13-35-7-2-4-9-37(35)25-33/h1-4,6-17,20-27H,5,18-19,28-29H2/q+2/b38-26+,39-27+. The van der Waals surface area contributed by atoms with Crippen molar-refractivity contribution in [3.63, 3.8) is 0 Å². The third kappa shape index (κ3) is 7.89. The first-order valence-electron chi connectivity index (χ1n) is 14.5. The Morgan fingerprint density at radius 2 is 0.907 bits per heavy atom. The fourth-order valence-corrected chi connectivity index (χ4v) is 4.92. The van der Waals surface area contributed by atoms with Gasteiger partial charge in [0.25, 0.3) is 0 Å². The highest BCUT2D eigenvalue weighted by molar-refractivity contribution is 5.84. The number of aryl methyl sites for hydroxylation is 2. The Labute approximate surface area is 251 Å². The van der Waals surface area contributed by atoms with Gasteiger partial charge in [0.15, 0.2) is 37.9 Å². The molecular weight excluding hydrogens is 532 g/mol. The third-order valence-electron chi connectivity index (χ3n) is 7.31. The van der Waals surface area contributed by atoms with Gasteiger partial charge in [-0.05, 0) is 44.8 Å². The Balaban J connectivity index is 0.898. The number of hydrogen-bond donors (Lipinski definition) is 0. The zero-order valence-corrected chi connectivity index (χ0v) is 24.0. The van der Waals surface area contributed by atoms with Gasteiger partial charge in [-0.2, -0.15) is 0 Å². The fourth-order valence-electron chi connectivity index (χ4n) is 4.92. The summed E-state index contributed by atoms with van der Waals surface area (Å²) in [6.07, 6.45) is 12.8. The Hall–Kier alpha value is -5.36. The van der Waals surface area contributed by atoms with Crippen molar-refractivity contribution in [2.24, 2.45) is 10.3 Å². The van der Waals surface area contributed by atoms with Crippen LogP contribution in [0.2, 0.25) is 0 Å². The Morgan fingerprint density at radius 3 is 1.35 bits per heavy atom. The summed E-state index contributed by atoms with van der Waals surface area (Å²) in [4.78, 5) is 11.1. The predicted octanol–water partition coefficient (Wildman–Crippen LogP) is 6.76. The molecule has 0 unspecified atom stereocenters. The summed E-state index contributed by atoms with van der Waals surface area (Å²) >= 11 is 0. The van der Waals surface area contributed by atoms with Crippen LogP contribution in [0.1, 0.15) is 28.7 Å². The molecule has 0 aliphatic rings. The molecule has 0 atom stereocenters. The van der Waals surface area contributed by atoms with Crippen LogP contribution in [0.15, 0.2) is 144 Å². The lowest BCUT2D eigenvalue weighted by atomic mass is 10.1. The van der Waals surface area contributed by atoms with Crippen molar-refractivity contribution in [2.75, 3.05) is 0 Å². The largest absolute Gasteiger partial charge is 0.391 e. The van der Waals surface area contributed by atoms with Gasteiger partial charge in [0.2, 0.25) is 0 Å². The van der Waals surface area contributed by atoms with E-state index in [4.69, 9.17) is 9.68 Å². The van der Waals surface area contributed by atoms with Crippen molar-refractivity contribution in [1.29, 1.82) is 0 Å². The SMILES string of the molecule is C(=N\OCc1ccc2ccccc2c1)/c1cc[n+](CCC[n+]2ccc(/C=N/OCc3ccc4ccccc4c3)cc2)cc1. The molecule has 0 aliphatic carbocycles. The highest BCUT2D eigenvalue weighted by Crippen LogP contribution is 2.17. The van der Waals surface area contributed by atoms with Crippen LogP contribution in [0, 0.1) is 0 Å². The van der Waals surface area contributed by atoms with Crippen LogP contribution in [-0.2, 0) is 36.0 Å². The predicted molar refractivity (Wildman–Crippen MR) is 171 cm³/mol. The van der Waals surface area contributed by atoms with Crippen molar-refractivity contribution >= 4 is 34.0 Å². The lowest BCUT2D eigenvalue weighted by Crippen LogP contribution is -2.38. The van der Waals surface area contributed by atoms with Crippen molar-refractivity contribution < 1.29 is 18.8 Å². The maximum atomic E-state index is 5.53. The lowest BCUT2D eigenvalue weighted by Gasteiger charge is -2.02. The second kappa shape index (κ2) is 14.0. The normalized spacial score (nSPS) is 11.5. The molecule has 6 nitrogen and oxygen atoms in total. The molecule has 6 aromatic rings. The van der Waals surface area contributed by atoms with Gasteiger partial charge in [-0.1, -0.05) is 83.1 Å². The van der Waals surface area contributed by atoms with Gasteiger partial charge < -0.3 is 9.68 Å². The van der Waals surface area contributed by atoms with Gasteiger partial charge in [-0.25, -0.2) is 9.13 Å². The van der Waals surface area contributed by atoms with E-state index in [0.717, 1.165) is 41.8 Å². The quantitative estimate of drug-likeness (QED) is 0.0934. The maximum absolute atomic E-state index is 5.53. The van der Waals surface area contributed by atoms with Gasteiger partial charge >= 0.3 is 0 Å². The summed E-state index contributed by atoms with van der Waals surface area (Å²) in [6.45, 7) is 2.74. The first-order chi connectivity index (χ1) is 21.3. The van der Waals surface area contributed by atoms with Crippen molar-refractivity contribution in [2.45, 2.75) is 32.7 Å². The average molecular weight is 567 g/mol. The molecule has 0 aliphatic heterocycles. The molecule has 0 amide bonds. The van der Waals surface area contributed by atoms with E-state index in [9.17, 15) is 0 Å². The van der Waals surface area contributed by atoms with Crippen molar-refractivity contribution in [3.05, 3.63) is 156 Å². The monoisotopic (exact) mass is 566 g/mol. The first-order valence-corrected chi connectivity index (χ1v) is 14.5. The van der Waals surface area contributed by atoms with Gasteiger partial charge in [-0.15, -0.1) is 0 Å². The molecule has 43 heavy (non-hydrogen) atoms. The van der Waals surface area contributed by atoms with Crippen LogP contribution in [0.5, 0.6) is 0 Å². The van der Waals surface area contributed by atoms with Crippen LogP contribution in [0.4, 0.5) is 0 Å². The highest BCUT2D eigenvalue weighted by atomic mass is 16.6. The van der Waals surface area contributed by atoms with E-state index in [1.807, 2.05) is 48.5 Å². The zero-order chi connectivity index (χ0) is 29.1. The molecule has 0 bridgehead atoms. The second-order valence-electron chi connectivity index (χ2n) is 10.5. The van der Waals surface area contributed by atoms with Gasteiger partial charge in [0, 0.05) is 35.4 Å². The van der Waals surface area contributed by atoms with E-state index in [-0.39, 0.29) is 0 Å². The number of fused-ring (bicyclic) bond motifs is 2. The molecule has 6 rings (SSSR count). The molecule has 2 heterocycles. The van der Waals surface area contributed by atoms with Gasteiger partial charge in [0.05, 0.1) is 18.9 Å². The molecule has 0 saturated heterocycles. The summed E-state index contributed by atoms with van der Waals surface area (Å²) < 4.78 is 4.36. The molecule has 0 saturated carbocycles. The number of aromatic nitrogens is 2. The summed E-state index contributed by atoms with van der Waals surface area (Å²) in [5.74, 6) is 0. The van der Waals surface area contributed by atoms with Crippen LogP contribution < -0.4 is 9.13 Å². The number of pyridine rings is 2. The number of benzene rings is 4. The van der Waals surface area contributed by atoms with E-state index in [2.05, 4.69) is 105 Å². The zero-order valence-electron chi connectivity index (χ0n) is 24.0. The van der Waals surface area contributed by atoms with E-state index < -0.39 is 0 Å². The number of rotatable bonds is 12. The smallest absolute Gasteiger partial charge is 0.169 e. The van der Waals surface area contributed by atoms with Crippen molar-refractivity contribution in [3.8, 4) is 0 Å². The topological polar surface area (TPSA) is 50.9 Å². The van der Waals surface area contributed by atoms with Crippen molar-refractivity contribution in [1.82, 2.24) is 0 Å². The minimum atomic E-state index is 0.444. The molecule has 212 valence electrons. The highest BCUT2D eigenvalue weighted by Gasteiger charge is 2.05. The minimum absolute atomic E-state index is 0.444. The van der Waals surface area contributed by atoms with Crippen LogP contribution in [0.3, 0.4) is 0 Å². The summed E-state index contributed by atoms with van der Waals surface area (Å²) in [5.41, 5.74) is 4.21. The average Bonchev–Trinajstić information content (AvgIpc) is 3.06. The number of nitrogens with zero attached hydrogens (tertiary/aromatic N) is 4. The first kappa shape index (κ1) is 27.8. The Bertz CT molecular complexity index is 1710. The number of hydrogen-bond acceptors (Lipinski definition) is 4. The van der Waals surface area contributed by atoms with Gasteiger partial charge in [0.1, 0.15) is 13.2 Å². The van der Waals surface area contributed by atoms with E-state index in [1.165, 1.54) is 21.5 Å². The summed E-state index contributed by atoms with van der Waals surface area (Å²) in [7, 11) is 0.